The van der Waals surface area contributed by atoms with Crippen LogP contribution in [0.2, 0.25) is 0 Å². The Labute approximate surface area is 207 Å². The van der Waals surface area contributed by atoms with Gasteiger partial charge in [-0.05, 0) is 57.6 Å². The maximum atomic E-state index is 15.2. The Morgan fingerprint density at radius 1 is 1.08 bits per heavy atom. The van der Waals surface area contributed by atoms with E-state index < -0.39 is 11.9 Å². The highest BCUT2D eigenvalue weighted by atomic mass is 19.1. The first-order chi connectivity index (χ1) is 17.4. The molecule has 2 aliphatic heterocycles. The third-order valence-corrected chi connectivity index (χ3v) is 7.07. The molecule has 0 radical (unpaired) electrons. The van der Waals surface area contributed by atoms with Gasteiger partial charge in [0.2, 0.25) is 0 Å². The fourth-order valence-electron chi connectivity index (χ4n) is 5.29. The molecule has 2 bridgehead atoms. The zero-order valence-corrected chi connectivity index (χ0v) is 20.4. The van der Waals surface area contributed by atoms with Gasteiger partial charge >= 0.3 is 6.09 Å². The third-order valence-electron chi connectivity index (χ3n) is 7.07. The second-order valence-corrected chi connectivity index (χ2v) is 9.45. The van der Waals surface area contributed by atoms with E-state index in [4.69, 9.17) is 14.2 Å². The lowest BCUT2D eigenvalue weighted by Gasteiger charge is -2.31. The molecule has 36 heavy (non-hydrogen) atoms. The van der Waals surface area contributed by atoms with Crippen LogP contribution in [0.4, 0.5) is 9.18 Å². The summed E-state index contributed by atoms with van der Waals surface area (Å²) in [6.45, 7) is 5.62. The van der Waals surface area contributed by atoms with E-state index in [0.717, 1.165) is 18.7 Å². The van der Waals surface area contributed by atoms with E-state index in [1.165, 1.54) is 0 Å². The van der Waals surface area contributed by atoms with E-state index in [1.807, 2.05) is 13.8 Å². The summed E-state index contributed by atoms with van der Waals surface area (Å²) in [5.41, 5.74) is 2.15. The van der Waals surface area contributed by atoms with Crippen molar-refractivity contribution >= 4 is 27.9 Å². The standard InChI is InChI=1S/C27H27FN4O4/c1-4-34-24-12-21-18(11-25(24)36-27(33)32-14-16-10-17(32)13-31(16)3)22(7-8-29-21)35-23-6-5-20-19(26(23)28)9-15(2)30-20/h5-9,11-12,16-17,30H,4,10,13-14H2,1-3H3/t16-,17-/m0/s1. The molecule has 6 rings (SSSR count). The molecule has 4 heterocycles. The summed E-state index contributed by atoms with van der Waals surface area (Å²) < 4.78 is 32.8. The van der Waals surface area contributed by atoms with Crippen LogP contribution in [0.1, 0.15) is 19.0 Å². The van der Waals surface area contributed by atoms with Crippen LogP contribution in [0.25, 0.3) is 21.8 Å². The molecule has 2 atom stereocenters. The molecule has 1 amide bonds. The van der Waals surface area contributed by atoms with E-state index in [0.29, 0.717) is 52.5 Å². The number of fused-ring (bicyclic) bond motifs is 4. The summed E-state index contributed by atoms with van der Waals surface area (Å²) in [5.74, 6) is 0.736. The van der Waals surface area contributed by atoms with Crippen molar-refractivity contribution in [2.75, 3.05) is 26.7 Å². The van der Waals surface area contributed by atoms with Crippen molar-refractivity contribution in [1.29, 1.82) is 0 Å². The van der Waals surface area contributed by atoms with Gasteiger partial charge in [0, 0.05) is 59.4 Å². The van der Waals surface area contributed by atoms with E-state index in [1.54, 1.807) is 47.5 Å². The number of pyridine rings is 1. The molecule has 9 heteroatoms. The number of halogens is 1. The molecule has 2 aliphatic rings. The SMILES string of the molecule is CCOc1cc2nccc(Oc3ccc4[nH]c(C)cc4c3F)c2cc1OC(=O)N1C[C@@H]2C[C@H]1CN2C. The lowest BCUT2D eigenvalue weighted by molar-refractivity contribution is 0.116. The van der Waals surface area contributed by atoms with Crippen LogP contribution in [-0.4, -0.2) is 64.7 Å². The van der Waals surface area contributed by atoms with Crippen LogP contribution in [0.5, 0.6) is 23.0 Å². The number of aromatic nitrogens is 2. The van der Waals surface area contributed by atoms with Crippen molar-refractivity contribution in [1.82, 2.24) is 19.8 Å². The van der Waals surface area contributed by atoms with Crippen LogP contribution in [0, 0.1) is 12.7 Å². The van der Waals surface area contributed by atoms with Gasteiger partial charge < -0.3 is 24.1 Å². The summed E-state index contributed by atoms with van der Waals surface area (Å²) in [6, 6.07) is 10.7. The Morgan fingerprint density at radius 3 is 2.69 bits per heavy atom. The highest BCUT2D eigenvalue weighted by Crippen LogP contribution is 2.39. The number of carbonyl (C=O) groups excluding carboxylic acids is 1. The number of benzene rings is 2. The van der Waals surface area contributed by atoms with E-state index in [9.17, 15) is 4.79 Å². The highest BCUT2D eigenvalue weighted by molar-refractivity contribution is 5.90. The van der Waals surface area contributed by atoms with Crippen LogP contribution >= 0.6 is 0 Å². The van der Waals surface area contributed by atoms with Gasteiger partial charge in [0.15, 0.2) is 23.1 Å². The quantitative estimate of drug-likeness (QED) is 0.412. The third kappa shape index (κ3) is 3.80. The number of hydrogen-bond donors (Lipinski definition) is 1. The molecule has 2 aromatic heterocycles. The predicted molar refractivity (Wildman–Crippen MR) is 134 cm³/mol. The summed E-state index contributed by atoms with van der Waals surface area (Å²) >= 11 is 0. The minimum absolute atomic E-state index is 0.0960. The van der Waals surface area contributed by atoms with Crippen LogP contribution < -0.4 is 14.2 Å². The van der Waals surface area contributed by atoms with Crippen molar-refractivity contribution < 1.29 is 23.4 Å². The van der Waals surface area contributed by atoms with E-state index in [2.05, 4.69) is 21.9 Å². The van der Waals surface area contributed by atoms with Gasteiger partial charge in [0.1, 0.15) is 5.75 Å². The molecule has 0 spiro atoms. The fourth-order valence-corrected chi connectivity index (χ4v) is 5.29. The summed E-state index contributed by atoms with van der Waals surface area (Å²) in [4.78, 5) is 24.7. The van der Waals surface area contributed by atoms with Gasteiger partial charge in [0.05, 0.1) is 12.1 Å². The van der Waals surface area contributed by atoms with Gasteiger partial charge in [-0.15, -0.1) is 0 Å². The van der Waals surface area contributed by atoms with Crippen molar-refractivity contribution in [3.05, 3.63) is 54.1 Å². The molecule has 0 saturated carbocycles. The number of aryl methyl sites for hydroxylation is 1. The number of amides is 1. The normalized spacial score (nSPS) is 19.4. The Bertz CT molecular complexity index is 1480. The number of ether oxygens (including phenoxy) is 3. The first-order valence-electron chi connectivity index (χ1n) is 12.1. The van der Waals surface area contributed by atoms with Gasteiger partial charge in [-0.2, -0.15) is 0 Å². The number of nitrogens with one attached hydrogen (secondary N) is 1. The number of carbonyl (C=O) groups is 1. The second kappa shape index (κ2) is 8.67. The number of piperazine rings is 1. The lowest BCUT2D eigenvalue weighted by atomic mass is 10.1. The monoisotopic (exact) mass is 490 g/mol. The summed E-state index contributed by atoms with van der Waals surface area (Å²) in [6.07, 6.45) is 2.15. The molecule has 0 aliphatic carbocycles. The summed E-state index contributed by atoms with van der Waals surface area (Å²) in [7, 11) is 2.08. The number of likely N-dealkylation sites (tertiary alicyclic amines) is 2. The average molecular weight is 491 g/mol. The van der Waals surface area contributed by atoms with Gasteiger partial charge in [-0.3, -0.25) is 9.88 Å². The molecule has 2 fully saturated rings. The van der Waals surface area contributed by atoms with Crippen LogP contribution in [0.3, 0.4) is 0 Å². The number of hydrogen-bond acceptors (Lipinski definition) is 6. The van der Waals surface area contributed by atoms with E-state index in [-0.39, 0.29) is 17.5 Å². The number of aromatic amines is 1. The maximum absolute atomic E-state index is 15.2. The summed E-state index contributed by atoms with van der Waals surface area (Å²) in [5, 5.41) is 1.04. The van der Waals surface area contributed by atoms with Crippen molar-refractivity contribution in [2.45, 2.75) is 32.4 Å². The van der Waals surface area contributed by atoms with E-state index >= 15 is 4.39 Å². The molecule has 2 aromatic carbocycles. The maximum Gasteiger partial charge on any atom is 0.415 e. The van der Waals surface area contributed by atoms with Crippen LogP contribution in [0.15, 0.2) is 42.6 Å². The molecule has 4 aromatic rings. The highest BCUT2D eigenvalue weighted by Gasteiger charge is 2.44. The Balaban J connectivity index is 1.35. The van der Waals surface area contributed by atoms with Crippen molar-refractivity contribution in [2.24, 2.45) is 0 Å². The predicted octanol–water partition coefficient (Wildman–Crippen LogP) is 5.24. The molecular formula is C27H27FN4O4. The minimum atomic E-state index is -0.451. The first kappa shape index (κ1) is 22.6. The minimum Gasteiger partial charge on any atom is -0.490 e. The van der Waals surface area contributed by atoms with Crippen LogP contribution in [-0.2, 0) is 0 Å². The van der Waals surface area contributed by atoms with Gasteiger partial charge in [0.25, 0.3) is 0 Å². The molecule has 2 saturated heterocycles. The average Bonchev–Trinajstić information content (AvgIpc) is 3.55. The smallest absolute Gasteiger partial charge is 0.415 e. The second-order valence-electron chi connectivity index (χ2n) is 9.45. The number of nitrogens with zero attached hydrogens (tertiary/aromatic N) is 3. The fraction of sp³-hybridized carbons (Fsp3) is 0.333. The Hall–Kier alpha value is -3.85. The Morgan fingerprint density at radius 2 is 1.94 bits per heavy atom. The number of likely N-dealkylation sites (N-methyl/N-ethyl adjacent to an activating group) is 1. The first-order valence-corrected chi connectivity index (χ1v) is 12.1. The van der Waals surface area contributed by atoms with Crippen molar-refractivity contribution in [3.63, 3.8) is 0 Å². The Kier molecular flexibility index (Phi) is 5.44. The number of rotatable bonds is 5. The molecule has 1 N–H and O–H groups in total. The molecular weight excluding hydrogens is 463 g/mol. The zero-order chi connectivity index (χ0) is 25.0. The number of H-pyrrole nitrogens is 1. The molecule has 0 unspecified atom stereocenters. The molecule has 8 nitrogen and oxygen atoms in total. The largest absolute Gasteiger partial charge is 0.490 e. The zero-order valence-electron chi connectivity index (χ0n) is 20.4. The van der Waals surface area contributed by atoms with Gasteiger partial charge in [-0.1, -0.05) is 0 Å². The topological polar surface area (TPSA) is 79.9 Å². The lowest BCUT2D eigenvalue weighted by Crippen LogP contribution is -2.48. The molecule has 186 valence electrons. The van der Waals surface area contributed by atoms with Gasteiger partial charge in [-0.25, -0.2) is 9.18 Å². The van der Waals surface area contributed by atoms with Crippen molar-refractivity contribution in [3.8, 4) is 23.0 Å².